The van der Waals surface area contributed by atoms with Gasteiger partial charge in [0.05, 0.1) is 36.6 Å². The molecule has 0 N–H and O–H groups in total. The molecule has 4 heterocycles. The molecule has 3 aliphatic heterocycles. The van der Waals surface area contributed by atoms with E-state index >= 15 is 0 Å². The van der Waals surface area contributed by atoms with Crippen LogP contribution in [0.4, 0.5) is 11.5 Å². The number of nitrogens with zero attached hydrogens (tertiary/aromatic N) is 5. The molecule has 0 spiro atoms. The van der Waals surface area contributed by atoms with Crippen LogP contribution in [0.2, 0.25) is 0 Å². The second-order valence-electron chi connectivity index (χ2n) is 7.63. The van der Waals surface area contributed by atoms with Crippen LogP contribution in [0.3, 0.4) is 0 Å². The number of fused-ring (bicyclic) bond motifs is 1. The Kier molecular flexibility index (Phi) is 5.21. The number of hydrogen-bond acceptors (Lipinski definition) is 8. The smallest absolute Gasteiger partial charge is 0.243 e. The van der Waals surface area contributed by atoms with Crippen molar-refractivity contribution in [3.63, 3.8) is 0 Å². The first-order valence-electron chi connectivity index (χ1n) is 10.3. The largest absolute Gasteiger partial charge is 0.493 e. The van der Waals surface area contributed by atoms with Crippen LogP contribution in [-0.2, 0) is 21.2 Å². The standard InChI is InChI=1S/C20H25N5O4S/c26-30(27,18-1-2-19-16(13-18)3-10-29-19)25-6-4-24(5-7-25)20-14-17(15-21-22-20)23-8-11-28-12-9-23/h1-2,13-15H,3-12H2. The van der Waals surface area contributed by atoms with E-state index in [1.807, 2.05) is 6.07 Å². The van der Waals surface area contributed by atoms with E-state index in [9.17, 15) is 8.42 Å². The van der Waals surface area contributed by atoms with Gasteiger partial charge in [-0.25, -0.2) is 8.42 Å². The van der Waals surface area contributed by atoms with Crippen LogP contribution in [-0.4, -0.2) is 82.0 Å². The highest BCUT2D eigenvalue weighted by Gasteiger charge is 2.30. The Balaban J connectivity index is 1.27. The maximum Gasteiger partial charge on any atom is 0.243 e. The Labute approximate surface area is 176 Å². The molecule has 0 atom stereocenters. The highest BCUT2D eigenvalue weighted by atomic mass is 32.2. The maximum absolute atomic E-state index is 13.1. The third-order valence-corrected chi connectivity index (χ3v) is 7.76. The first kappa shape index (κ1) is 19.5. The second-order valence-corrected chi connectivity index (χ2v) is 9.57. The summed E-state index contributed by atoms with van der Waals surface area (Å²) >= 11 is 0. The topological polar surface area (TPSA) is 88.1 Å². The molecule has 0 unspecified atom stereocenters. The number of aromatic nitrogens is 2. The Bertz CT molecular complexity index is 1020. The van der Waals surface area contributed by atoms with Gasteiger partial charge in [0.1, 0.15) is 5.75 Å². The molecular weight excluding hydrogens is 406 g/mol. The van der Waals surface area contributed by atoms with Crippen LogP contribution in [0.5, 0.6) is 5.75 Å². The lowest BCUT2D eigenvalue weighted by molar-refractivity contribution is 0.122. The SMILES string of the molecule is O=S(=O)(c1ccc2c(c1)CCO2)N1CCN(c2cc(N3CCOCC3)cnn2)CC1. The molecule has 2 fully saturated rings. The summed E-state index contributed by atoms with van der Waals surface area (Å²) < 4.78 is 38.7. The van der Waals surface area contributed by atoms with E-state index in [1.54, 1.807) is 28.7 Å². The maximum atomic E-state index is 13.1. The number of ether oxygens (including phenoxy) is 2. The lowest BCUT2D eigenvalue weighted by atomic mass is 10.2. The molecule has 5 rings (SSSR count). The quantitative estimate of drug-likeness (QED) is 0.701. The molecule has 3 aliphatic rings. The van der Waals surface area contributed by atoms with Crippen LogP contribution in [0.1, 0.15) is 5.56 Å². The average molecular weight is 432 g/mol. The van der Waals surface area contributed by atoms with Gasteiger partial charge in [-0.2, -0.15) is 9.40 Å². The van der Waals surface area contributed by atoms with Gasteiger partial charge in [0.15, 0.2) is 5.82 Å². The van der Waals surface area contributed by atoms with Gasteiger partial charge in [-0.05, 0) is 23.8 Å². The highest BCUT2D eigenvalue weighted by molar-refractivity contribution is 7.89. The van der Waals surface area contributed by atoms with Crippen molar-refractivity contribution in [3.8, 4) is 5.75 Å². The molecular formula is C20H25N5O4S. The molecule has 0 saturated carbocycles. The summed E-state index contributed by atoms with van der Waals surface area (Å²) in [7, 11) is -3.52. The van der Waals surface area contributed by atoms with Crippen LogP contribution in [0, 0.1) is 0 Å². The second kappa shape index (κ2) is 8.01. The van der Waals surface area contributed by atoms with Crippen molar-refractivity contribution in [3.05, 3.63) is 36.0 Å². The summed E-state index contributed by atoms with van der Waals surface area (Å²) in [5, 5.41) is 8.44. The fourth-order valence-electron chi connectivity index (χ4n) is 4.12. The number of sulfonamides is 1. The first-order chi connectivity index (χ1) is 14.6. The number of piperazine rings is 1. The Morgan fingerprint density at radius 3 is 2.50 bits per heavy atom. The monoisotopic (exact) mass is 431 g/mol. The first-order valence-corrected chi connectivity index (χ1v) is 11.7. The molecule has 0 radical (unpaired) electrons. The van der Waals surface area contributed by atoms with E-state index in [0.717, 1.165) is 42.3 Å². The summed E-state index contributed by atoms with van der Waals surface area (Å²) in [5.41, 5.74) is 1.99. The summed E-state index contributed by atoms with van der Waals surface area (Å²) in [6.07, 6.45) is 2.53. The van der Waals surface area contributed by atoms with Crippen molar-refractivity contribution in [2.75, 3.05) is 68.9 Å². The highest BCUT2D eigenvalue weighted by Crippen LogP contribution is 2.29. The lowest BCUT2D eigenvalue weighted by Gasteiger charge is -2.35. The summed E-state index contributed by atoms with van der Waals surface area (Å²) in [6.45, 7) is 5.70. The van der Waals surface area contributed by atoms with Gasteiger partial charge in [0.25, 0.3) is 0 Å². The van der Waals surface area contributed by atoms with Gasteiger partial charge in [-0.1, -0.05) is 0 Å². The molecule has 1 aromatic heterocycles. The van der Waals surface area contributed by atoms with Gasteiger partial charge >= 0.3 is 0 Å². The van der Waals surface area contributed by atoms with Gasteiger partial charge in [0.2, 0.25) is 10.0 Å². The molecule has 0 amide bonds. The van der Waals surface area contributed by atoms with E-state index < -0.39 is 10.0 Å². The number of rotatable bonds is 4. The Morgan fingerprint density at radius 2 is 1.70 bits per heavy atom. The fraction of sp³-hybridized carbons (Fsp3) is 0.500. The third kappa shape index (κ3) is 3.70. The molecule has 9 nitrogen and oxygen atoms in total. The van der Waals surface area contributed by atoms with Gasteiger partial charge in [-0.3, -0.25) is 0 Å². The molecule has 2 aromatic rings. The van der Waals surface area contributed by atoms with Crippen molar-refractivity contribution in [2.45, 2.75) is 11.3 Å². The Morgan fingerprint density at radius 1 is 0.900 bits per heavy atom. The van der Waals surface area contributed by atoms with Crippen molar-refractivity contribution in [2.24, 2.45) is 0 Å². The molecule has 10 heteroatoms. The molecule has 1 aromatic carbocycles. The van der Waals surface area contributed by atoms with Crippen molar-refractivity contribution in [1.29, 1.82) is 0 Å². The summed E-state index contributed by atoms with van der Waals surface area (Å²) in [4.78, 5) is 4.67. The average Bonchev–Trinajstić information content (AvgIpc) is 3.28. The molecule has 160 valence electrons. The summed E-state index contributed by atoms with van der Waals surface area (Å²) in [5.74, 6) is 1.57. The van der Waals surface area contributed by atoms with E-state index in [4.69, 9.17) is 9.47 Å². The zero-order valence-electron chi connectivity index (χ0n) is 16.7. The lowest BCUT2D eigenvalue weighted by Crippen LogP contribution is -2.49. The zero-order valence-corrected chi connectivity index (χ0v) is 17.6. The van der Waals surface area contributed by atoms with E-state index in [1.165, 1.54) is 0 Å². The number of morpholine rings is 1. The Hall–Kier alpha value is -2.43. The third-order valence-electron chi connectivity index (χ3n) is 5.86. The normalized spacial score (nSPS) is 20.1. The predicted molar refractivity (Wildman–Crippen MR) is 112 cm³/mol. The molecule has 30 heavy (non-hydrogen) atoms. The number of hydrogen-bond donors (Lipinski definition) is 0. The molecule has 2 saturated heterocycles. The summed E-state index contributed by atoms with van der Waals surface area (Å²) in [6, 6.07) is 7.19. The van der Waals surface area contributed by atoms with Crippen molar-refractivity contribution < 1.29 is 17.9 Å². The van der Waals surface area contributed by atoms with Crippen LogP contribution in [0.25, 0.3) is 0 Å². The minimum atomic E-state index is -3.52. The van der Waals surface area contributed by atoms with E-state index in [0.29, 0.717) is 50.9 Å². The van der Waals surface area contributed by atoms with E-state index in [-0.39, 0.29) is 0 Å². The van der Waals surface area contributed by atoms with Crippen LogP contribution >= 0.6 is 0 Å². The van der Waals surface area contributed by atoms with Crippen molar-refractivity contribution in [1.82, 2.24) is 14.5 Å². The van der Waals surface area contributed by atoms with Crippen molar-refractivity contribution >= 4 is 21.5 Å². The fourth-order valence-corrected chi connectivity index (χ4v) is 5.60. The van der Waals surface area contributed by atoms with Gasteiger partial charge < -0.3 is 19.3 Å². The van der Waals surface area contributed by atoms with Gasteiger partial charge in [-0.15, -0.1) is 5.10 Å². The van der Waals surface area contributed by atoms with E-state index in [2.05, 4.69) is 20.0 Å². The number of anilines is 2. The number of benzene rings is 1. The van der Waals surface area contributed by atoms with Crippen LogP contribution in [0.15, 0.2) is 35.4 Å². The minimum absolute atomic E-state index is 0.342. The zero-order chi connectivity index (χ0) is 20.6. The molecule has 0 aliphatic carbocycles. The minimum Gasteiger partial charge on any atom is -0.493 e. The molecule has 0 bridgehead atoms. The van der Waals surface area contributed by atoms with Crippen LogP contribution < -0.4 is 14.5 Å². The predicted octanol–water partition coefficient (Wildman–Crippen LogP) is 0.759. The van der Waals surface area contributed by atoms with Gasteiger partial charge in [0, 0.05) is 51.8 Å².